The maximum Gasteiger partial charge on any atom is 0.490 e. The highest BCUT2D eigenvalue weighted by molar-refractivity contribution is 6.34. The number of aromatic nitrogens is 2. The molecule has 2 aromatic heterocycles. The van der Waals surface area contributed by atoms with Crippen LogP contribution in [0.5, 0.6) is 0 Å². The van der Waals surface area contributed by atoms with Crippen molar-refractivity contribution >= 4 is 34.9 Å². The summed E-state index contributed by atoms with van der Waals surface area (Å²) in [5, 5.41) is 10.0. The number of imidazole rings is 1. The van der Waals surface area contributed by atoms with E-state index in [4.69, 9.17) is 27.2 Å². The number of alkyl halides is 3. The van der Waals surface area contributed by atoms with Crippen LogP contribution in [0.3, 0.4) is 0 Å². The molecule has 0 bridgehead atoms. The Kier molecular flexibility index (Phi) is 5.20. The largest absolute Gasteiger partial charge is 0.490 e. The number of amides is 1. The molecule has 0 fully saturated rings. The van der Waals surface area contributed by atoms with Gasteiger partial charge in [-0.15, -0.1) is 0 Å². The van der Waals surface area contributed by atoms with Gasteiger partial charge in [-0.3, -0.25) is 9.20 Å². The normalized spacial score (nSPS) is 10.8. The number of nitrogen functional groups attached to an aromatic ring is 1. The Bertz CT molecular complexity index is 714. The standard InChI is InChI=1S/C9H9ClN4O.C2HF3O2/c1-12-8(15)6-4-14-5(2-7(6)10)3-13-9(14)11;3-2(4,5)1(6)7/h2-4H,1H3,(H2,11,13)(H,12,15);(H,6,7). The molecular formula is C11H10ClF3N4O3. The van der Waals surface area contributed by atoms with Crippen LogP contribution in [0.4, 0.5) is 19.1 Å². The van der Waals surface area contributed by atoms with Crippen LogP contribution >= 0.6 is 11.6 Å². The minimum atomic E-state index is -5.08. The minimum Gasteiger partial charge on any atom is -0.475 e. The second-order valence-corrected chi connectivity index (χ2v) is 4.24. The molecule has 22 heavy (non-hydrogen) atoms. The molecule has 4 N–H and O–H groups in total. The summed E-state index contributed by atoms with van der Waals surface area (Å²) in [6.07, 6.45) is -1.92. The second kappa shape index (κ2) is 6.52. The summed E-state index contributed by atoms with van der Waals surface area (Å²) in [6, 6.07) is 1.65. The number of rotatable bonds is 1. The number of hydrogen-bond acceptors (Lipinski definition) is 4. The van der Waals surface area contributed by atoms with Gasteiger partial charge in [0.05, 0.1) is 22.3 Å². The van der Waals surface area contributed by atoms with Gasteiger partial charge in [0.1, 0.15) is 0 Å². The highest BCUT2D eigenvalue weighted by Gasteiger charge is 2.38. The number of nitrogens with one attached hydrogen (secondary N) is 1. The van der Waals surface area contributed by atoms with Crippen molar-refractivity contribution in [3.63, 3.8) is 0 Å². The topological polar surface area (TPSA) is 110 Å². The number of hydrogen-bond donors (Lipinski definition) is 3. The van der Waals surface area contributed by atoms with Gasteiger partial charge < -0.3 is 16.2 Å². The first-order chi connectivity index (χ1) is 10.1. The first kappa shape index (κ1) is 17.6. The van der Waals surface area contributed by atoms with Crippen LogP contribution in [0, 0.1) is 0 Å². The van der Waals surface area contributed by atoms with Crippen LogP contribution in [0.15, 0.2) is 18.5 Å². The highest BCUT2D eigenvalue weighted by Crippen LogP contribution is 2.20. The number of aliphatic carboxylic acids is 1. The molecule has 0 aromatic carbocycles. The highest BCUT2D eigenvalue weighted by atomic mass is 35.5. The lowest BCUT2D eigenvalue weighted by molar-refractivity contribution is -0.192. The zero-order valence-corrected chi connectivity index (χ0v) is 11.7. The van der Waals surface area contributed by atoms with E-state index in [1.807, 2.05) is 0 Å². The van der Waals surface area contributed by atoms with E-state index in [1.54, 1.807) is 29.9 Å². The fourth-order valence-electron chi connectivity index (χ4n) is 1.34. The molecule has 11 heteroatoms. The van der Waals surface area contributed by atoms with Gasteiger partial charge in [0.2, 0.25) is 5.95 Å². The quantitative estimate of drug-likeness (QED) is 0.731. The Hall–Kier alpha value is -2.49. The summed E-state index contributed by atoms with van der Waals surface area (Å²) in [7, 11) is 1.54. The van der Waals surface area contributed by atoms with Gasteiger partial charge in [0, 0.05) is 13.2 Å². The predicted molar refractivity (Wildman–Crippen MR) is 71.7 cm³/mol. The maximum atomic E-state index is 11.4. The second-order valence-electron chi connectivity index (χ2n) is 3.83. The molecule has 0 atom stereocenters. The molecule has 0 saturated carbocycles. The molecular weight excluding hydrogens is 329 g/mol. The van der Waals surface area contributed by atoms with Gasteiger partial charge in [0.25, 0.3) is 5.91 Å². The summed E-state index contributed by atoms with van der Waals surface area (Å²) < 4.78 is 33.3. The van der Waals surface area contributed by atoms with E-state index in [1.165, 1.54) is 0 Å². The van der Waals surface area contributed by atoms with E-state index < -0.39 is 12.1 Å². The Labute approximate surface area is 126 Å². The lowest BCUT2D eigenvalue weighted by Crippen LogP contribution is -2.21. The van der Waals surface area contributed by atoms with E-state index in [0.717, 1.165) is 5.52 Å². The van der Waals surface area contributed by atoms with E-state index in [0.29, 0.717) is 16.5 Å². The first-order valence-electron chi connectivity index (χ1n) is 5.52. The molecule has 2 heterocycles. The van der Waals surface area contributed by atoms with Crippen molar-refractivity contribution in [2.45, 2.75) is 6.18 Å². The van der Waals surface area contributed by atoms with Gasteiger partial charge in [-0.25, -0.2) is 9.78 Å². The third kappa shape index (κ3) is 4.01. The number of nitrogens with two attached hydrogens (primary N) is 1. The van der Waals surface area contributed by atoms with Crippen molar-refractivity contribution in [2.24, 2.45) is 0 Å². The number of carbonyl (C=O) groups is 2. The van der Waals surface area contributed by atoms with Crippen LogP contribution in [-0.2, 0) is 4.79 Å². The average molecular weight is 339 g/mol. The zero-order valence-electron chi connectivity index (χ0n) is 11.0. The first-order valence-corrected chi connectivity index (χ1v) is 5.90. The fourth-order valence-corrected chi connectivity index (χ4v) is 1.58. The number of carbonyl (C=O) groups excluding carboxylic acids is 1. The molecule has 7 nitrogen and oxygen atoms in total. The van der Waals surface area contributed by atoms with Crippen LogP contribution in [-0.4, -0.2) is 39.6 Å². The van der Waals surface area contributed by atoms with Gasteiger partial charge >= 0.3 is 12.1 Å². The third-order valence-corrected chi connectivity index (χ3v) is 2.67. The Balaban J connectivity index is 0.000000295. The van der Waals surface area contributed by atoms with E-state index in [9.17, 15) is 18.0 Å². The molecule has 0 aliphatic heterocycles. The van der Waals surface area contributed by atoms with Crippen LogP contribution in [0.1, 0.15) is 10.4 Å². The summed E-state index contributed by atoms with van der Waals surface area (Å²) >= 11 is 5.94. The summed E-state index contributed by atoms with van der Waals surface area (Å²) in [6.45, 7) is 0. The molecule has 0 saturated heterocycles. The van der Waals surface area contributed by atoms with Crippen molar-refractivity contribution in [3.8, 4) is 0 Å². The smallest absolute Gasteiger partial charge is 0.475 e. The van der Waals surface area contributed by atoms with Crippen LogP contribution in [0.25, 0.3) is 5.52 Å². The SMILES string of the molecule is CNC(=O)c1cn2c(N)ncc2cc1Cl.O=C(O)C(F)(F)F. The van der Waals surface area contributed by atoms with Crippen LogP contribution in [0.2, 0.25) is 5.02 Å². The minimum absolute atomic E-state index is 0.255. The summed E-state index contributed by atoms with van der Waals surface area (Å²) in [5.41, 5.74) is 6.74. The maximum absolute atomic E-state index is 11.4. The van der Waals surface area contributed by atoms with Crippen molar-refractivity contribution in [1.29, 1.82) is 0 Å². The predicted octanol–water partition coefficient (Wildman–Crippen LogP) is 1.56. The molecule has 1 amide bonds. The van der Waals surface area contributed by atoms with Crippen molar-refractivity contribution in [1.82, 2.24) is 14.7 Å². The summed E-state index contributed by atoms with van der Waals surface area (Å²) in [4.78, 5) is 24.3. The van der Waals surface area contributed by atoms with Gasteiger partial charge in [-0.05, 0) is 6.07 Å². The van der Waals surface area contributed by atoms with Crippen LogP contribution < -0.4 is 11.1 Å². The van der Waals surface area contributed by atoms with Gasteiger partial charge in [-0.1, -0.05) is 11.6 Å². The summed E-state index contributed by atoms with van der Waals surface area (Å²) in [5.74, 6) is -2.69. The number of carboxylic acids is 1. The molecule has 2 rings (SSSR count). The zero-order chi connectivity index (χ0) is 17.1. The van der Waals surface area contributed by atoms with Gasteiger partial charge in [-0.2, -0.15) is 13.2 Å². The number of pyridine rings is 1. The number of fused-ring (bicyclic) bond motifs is 1. The molecule has 0 unspecified atom stereocenters. The molecule has 0 radical (unpaired) electrons. The molecule has 120 valence electrons. The van der Waals surface area contributed by atoms with Crippen molar-refractivity contribution in [2.75, 3.05) is 12.8 Å². The van der Waals surface area contributed by atoms with E-state index >= 15 is 0 Å². The monoisotopic (exact) mass is 338 g/mol. The number of anilines is 1. The number of nitrogens with zero attached hydrogens (tertiary/aromatic N) is 2. The molecule has 0 aliphatic carbocycles. The third-order valence-electron chi connectivity index (χ3n) is 2.36. The fraction of sp³-hybridized carbons (Fsp3) is 0.182. The Morgan fingerprint density at radius 1 is 1.45 bits per heavy atom. The number of halogens is 4. The molecule has 0 spiro atoms. The molecule has 0 aliphatic rings. The van der Waals surface area contributed by atoms with E-state index in [2.05, 4.69) is 10.3 Å². The molecule has 2 aromatic rings. The average Bonchev–Trinajstić information content (AvgIpc) is 2.77. The van der Waals surface area contributed by atoms with Gasteiger partial charge in [0.15, 0.2) is 0 Å². The lowest BCUT2D eigenvalue weighted by atomic mass is 10.2. The van der Waals surface area contributed by atoms with E-state index in [-0.39, 0.29) is 5.91 Å². The van der Waals surface area contributed by atoms with Crippen molar-refractivity contribution in [3.05, 3.63) is 29.0 Å². The number of carboxylic acid groups (broad SMARTS) is 1. The lowest BCUT2D eigenvalue weighted by Gasteiger charge is -2.04. The van der Waals surface area contributed by atoms with Crippen molar-refractivity contribution < 1.29 is 27.9 Å². The Morgan fingerprint density at radius 2 is 2.00 bits per heavy atom. The Morgan fingerprint density at radius 3 is 2.45 bits per heavy atom.